The molecule has 0 saturated carbocycles. The maximum absolute atomic E-state index is 3.46. The van der Waals surface area contributed by atoms with Crippen molar-refractivity contribution in [3.05, 3.63) is 59.7 Å². The Kier molecular flexibility index (Phi) is 5.48. The molecule has 2 aromatic carbocycles. The number of benzene rings is 2. The van der Waals surface area contributed by atoms with Crippen LogP contribution >= 0.6 is 0 Å². The van der Waals surface area contributed by atoms with Crippen molar-refractivity contribution in [3.8, 4) is 0 Å². The van der Waals surface area contributed by atoms with Crippen molar-refractivity contribution in [2.24, 2.45) is 0 Å². The van der Waals surface area contributed by atoms with Crippen molar-refractivity contribution in [3.63, 3.8) is 0 Å². The van der Waals surface area contributed by atoms with Crippen molar-refractivity contribution in [2.45, 2.75) is 32.7 Å². The SMILES string of the molecule is CCCCc1ccc(NCc2ccc(NC)cc2)cc1. The Balaban J connectivity index is 1.86. The van der Waals surface area contributed by atoms with Crippen LogP contribution in [0.1, 0.15) is 30.9 Å². The number of hydrogen-bond donors (Lipinski definition) is 2. The van der Waals surface area contributed by atoms with Gasteiger partial charge in [-0.15, -0.1) is 0 Å². The molecule has 20 heavy (non-hydrogen) atoms. The maximum atomic E-state index is 3.46. The van der Waals surface area contributed by atoms with Crippen LogP contribution in [0.2, 0.25) is 0 Å². The largest absolute Gasteiger partial charge is 0.388 e. The molecule has 2 aromatic rings. The highest BCUT2D eigenvalue weighted by molar-refractivity contribution is 5.47. The molecule has 2 heteroatoms. The first-order valence-corrected chi connectivity index (χ1v) is 7.41. The third-order valence-electron chi connectivity index (χ3n) is 3.51. The second kappa shape index (κ2) is 7.59. The molecule has 0 bridgehead atoms. The summed E-state index contributed by atoms with van der Waals surface area (Å²) in [5, 5.41) is 6.59. The van der Waals surface area contributed by atoms with Gasteiger partial charge in [-0.05, 0) is 48.2 Å². The molecule has 2 nitrogen and oxygen atoms in total. The summed E-state index contributed by atoms with van der Waals surface area (Å²) < 4.78 is 0. The molecule has 0 aliphatic carbocycles. The van der Waals surface area contributed by atoms with E-state index in [1.165, 1.54) is 36.1 Å². The van der Waals surface area contributed by atoms with Crippen molar-refractivity contribution >= 4 is 11.4 Å². The van der Waals surface area contributed by atoms with E-state index in [0.29, 0.717) is 0 Å². The highest BCUT2D eigenvalue weighted by Crippen LogP contribution is 2.14. The Morgan fingerprint density at radius 1 is 0.800 bits per heavy atom. The zero-order chi connectivity index (χ0) is 14.2. The number of unbranched alkanes of at least 4 members (excludes halogenated alkanes) is 1. The molecule has 0 fully saturated rings. The van der Waals surface area contributed by atoms with Crippen LogP contribution in [0.5, 0.6) is 0 Å². The van der Waals surface area contributed by atoms with Gasteiger partial charge in [-0.25, -0.2) is 0 Å². The van der Waals surface area contributed by atoms with E-state index in [9.17, 15) is 0 Å². The molecule has 0 amide bonds. The molecule has 0 atom stereocenters. The second-order valence-electron chi connectivity index (χ2n) is 5.10. The summed E-state index contributed by atoms with van der Waals surface area (Å²) in [4.78, 5) is 0. The van der Waals surface area contributed by atoms with Crippen LogP contribution in [-0.4, -0.2) is 7.05 Å². The van der Waals surface area contributed by atoms with Crippen LogP contribution in [0.4, 0.5) is 11.4 Å². The van der Waals surface area contributed by atoms with Gasteiger partial charge in [0.2, 0.25) is 0 Å². The van der Waals surface area contributed by atoms with E-state index in [1.807, 2.05) is 7.05 Å². The maximum Gasteiger partial charge on any atom is 0.0400 e. The van der Waals surface area contributed by atoms with Gasteiger partial charge in [0, 0.05) is 25.0 Å². The quantitative estimate of drug-likeness (QED) is 0.761. The summed E-state index contributed by atoms with van der Waals surface area (Å²) in [6, 6.07) is 17.3. The third kappa shape index (κ3) is 4.30. The average Bonchev–Trinajstić information content (AvgIpc) is 2.52. The van der Waals surface area contributed by atoms with Crippen molar-refractivity contribution in [2.75, 3.05) is 17.7 Å². The zero-order valence-corrected chi connectivity index (χ0v) is 12.4. The Morgan fingerprint density at radius 3 is 2.00 bits per heavy atom. The Morgan fingerprint density at radius 2 is 1.40 bits per heavy atom. The molecular weight excluding hydrogens is 244 g/mol. The average molecular weight is 268 g/mol. The number of nitrogens with one attached hydrogen (secondary N) is 2. The fourth-order valence-corrected chi connectivity index (χ4v) is 2.16. The van der Waals surface area contributed by atoms with Gasteiger partial charge in [-0.3, -0.25) is 0 Å². The van der Waals surface area contributed by atoms with E-state index in [-0.39, 0.29) is 0 Å². The minimum absolute atomic E-state index is 0.859. The summed E-state index contributed by atoms with van der Waals surface area (Å²) in [5.74, 6) is 0. The van der Waals surface area contributed by atoms with Crippen LogP contribution in [0.3, 0.4) is 0 Å². The van der Waals surface area contributed by atoms with Gasteiger partial charge >= 0.3 is 0 Å². The molecular formula is C18H24N2. The van der Waals surface area contributed by atoms with Crippen LogP contribution in [-0.2, 0) is 13.0 Å². The van der Waals surface area contributed by atoms with E-state index in [4.69, 9.17) is 0 Å². The monoisotopic (exact) mass is 268 g/mol. The Labute approximate surface area is 122 Å². The first kappa shape index (κ1) is 14.4. The third-order valence-corrected chi connectivity index (χ3v) is 3.51. The minimum Gasteiger partial charge on any atom is -0.388 e. The van der Waals surface area contributed by atoms with Crippen LogP contribution in [0, 0.1) is 0 Å². The number of aryl methyl sites for hydroxylation is 1. The van der Waals surface area contributed by atoms with Gasteiger partial charge in [0.05, 0.1) is 0 Å². The summed E-state index contributed by atoms with van der Waals surface area (Å²) >= 11 is 0. The van der Waals surface area contributed by atoms with Crippen LogP contribution in [0.15, 0.2) is 48.5 Å². The molecule has 0 unspecified atom stereocenters. The van der Waals surface area contributed by atoms with E-state index in [1.54, 1.807) is 0 Å². The van der Waals surface area contributed by atoms with Gasteiger partial charge < -0.3 is 10.6 Å². The van der Waals surface area contributed by atoms with Crippen molar-refractivity contribution in [1.29, 1.82) is 0 Å². The summed E-state index contributed by atoms with van der Waals surface area (Å²) in [5.41, 5.74) is 5.05. The fourth-order valence-electron chi connectivity index (χ4n) is 2.16. The molecule has 0 aromatic heterocycles. The van der Waals surface area contributed by atoms with E-state index >= 15 is 0 Å². The molecule has 2 rings (SSSR count). The molecule has 0 aliphatic heterocycles. The molecule has 0 radical (unpaired) electrons. The molecule has 0 heterocycles. The first-order chi connectivity index (χ1) is 9.81. The standard InChI is InChI=1S/C18H24N2/c1-3-4-5-15-6-12-18(13-7-15)20-14-16-8-10-17(19-2)11-9-16/h6-13,19-20H,3-5,14H2,1-2H3. The van der Waals surface area contributed by atoms with Gasteiger partial charge in [0.25, 0.3) is 0 Å². The lowest BCUT2D eigenvalue weighted by atomic mass is 10.1. The minimum atomic E-state index is 0.859. The molecule has 0 saturated heterocycles. The molecule has 2 N–H and O–H groups in total. The second-order valence-corrected chi connectivity index (χ2v) is 5.10. The first-order valence-electron chi connectivity index (χ1n) is 7.41. The number of hydrogen-bond acceptors (Lipinski definition) is 2. The van der Waals surface area contributed by atoms with E-state index in [0.717, 1.165) is 12.2 Å². The molecule has 0 aliphatic rings. The highest BCUT2D eigenvalue weighted by Gasteiger charge is 1.96. The molecule has 106 valence electrons. The van der Waals surface area contributed by atoms with Crippen molar-refractivity contribution < 1.29 is 0 Å². The zero-order valence-electron chi connectivity index (χ0n) is 12.4. The molecule has 0 spiro atoms. The highest BCUT2D eigenvalue weighted by atomic mass is 14.9. The summed E-state index contributed by atoms with van der Waals surface area (Å²) in [6.07, 6.45) is 3.70. The predicted molar refractivity (Wildman–Crippen MR) is 88.4 cm³/mol. The van der Waals surface area contributed by atoms with Crippen LogP contribution in [0.25, 0.3) is 0 Å². The predicted octanol–water partition coefficient (Wildman–Crippen LogP) is 4.68. The van der Waals surface area contributed by atoms with Crippen LogP contribution < -0.4 is 10.6 Å². The number of rotatable bonds is 7. The lowest BCUT2D eigenvalue weighted by Gasteiger charge is -2.08. The van der Waals surface area contributed by atoms with Crippen molar-refractivity contribution in [1.82, 2.24) is 0 Å². The summed E-state index contributed by atoms with van der Waals surface area (Å²) in [6.45, 7) is 3.09. The number of anilines is 2. The fraction of sp³-hybridized carbons (Fsp3) is 0.333. The lowest BCUT2D eigenvalue weighted by Crippen LogP contribution is -1.99. The van der Waals surface area contributed by atoms with Gasteiger partial charge in [0.15, 0.2) is 0 Å². The Bertz CT molecular complexity index is 500. The van der Waals surface area contributed by atoms with E-state index in [2.05, 4.69) is 66.1 Å². The Hall–Kier alpha value is -1.96. The summed E-state index contributed by atoms with van der Waals surface area (Å²) in [7, 11) is 1.94. The lowest BCUT2D eigenvalue weighted by molar-refractivity contribution is 0.795. The topological polar surface area (TPSA) is 24.1 Å². The van der Waals surface area contributed by atoms with Gasteiger partial charge in [-0.2, -0.15) is 0 Å². The van der Waals surface area contributed by atoms with Gasteiger partial charge in [0.1, 0.15) is 0 Å². The van der Waals surface area contributed by atoms with E-state index < -0.39 is 0 Å². The van der Waals surface area contributed by atoms with Gasteiger partial charge in [-0.1, -0.05) is 37.6 Å². The normalized spacial score (nSPS) is 10.3. The smallest absolute Gasteiger partial charge is 0.0400 e.